The van der Waals surface area contributed by atoms with Gasteiger partial charge < -0.3 is 8.98 Å². The SMILES string of the molecule is Cc1nc(C#N)c(C#N)n1Cc1ncc(-c2cccs2)o1. The van der Waals surface area contributed by atoms with E-state index in [9.17, 15) is 0 Å². The van der Waals surface area contributed by atoms with Crippen LogP contribution in [0, 0.1) is 29.6 Å². The molecule has 3 aromatic rings. The maximum Gasteiger partial charge on any atom is 0.214 e. The van der Waals surface area contributed by atoms with Crippen LogP contribution in [-0.4, -0.2) is 14.5 Å². The first-order valence-corrected chi connectivity index (χ1v) is 6.96. The molecule has 0 fully saturated rings. The minimum absolute atomic E-state index is 0.125. The van der Waals surface area contributed by atoms with Crippen molar-refractivity contribution < 1.29 is 4.42 Å². The van der Waals surface area contributed by atoms with Crippen molar-refractivity contribution in [3.63, 3.8) is 0 Å². The molecule has 102 valence electrons. The normalized spacial score (nSPS) is 10.2. The first-order valence-electron chi connectivity index (χ1n) is 6.09. The van der Waals surface area contributed by atoms with Gasteiger partial charge in [-0.2, -0.15) is 10.5 Å². The largest absolute Gasteiger partial charge is 0.438 e. The summed E-state index contributed by atoms with van der Waals surface area (Å²) in [7, 11) is 0. The van der Waals surface area contributed by atoms with Crippen molar-refractivity contribution in [3.8, 4) is 22.8 Å². The second kappa shape index (κ2) is 5.23. The first-order chi connectivity index (χ1) is 10.2. The maximum atomic E-state index is 9.17. The fourth-order valence-electron chi connectivity index (χ4n) is 2.00. The lowest BCUT2D eigenvalue weighted by molar-refractivity contribution is 0.485. The summed E-state index contributed by atoms with van der Waals surface area (Å²) in [5.74, 6) is 1.75. The van der Waals surface area contributed by atoms with Crippen LogP contribution in [-0.2, 0) is 6.54 Å². The number of oxazole rings is 1. The van der Waals surface area contributed by atoms with Gasteiger partial charge in [0.15, 0.2) is 17.1 Å². The van der Waals surface area contributed by atoms with Gasteiger partial charge in [-0.1, -0.05) is 6.07 Å². The standard InChI is InChI=1S/C14H9N5OS/c1-9-18-10(5-15)11(6-16)19(9)8-14-17-7-12(20-14)13-3-2-4-21-13/h2-4,7H,8H2,1H3. The highest BCUT2D eigenvalue weighted by molar-refractivity contribution is 7.13. The minimum Gasteiger partial charge on any atom is -0.438 e. The van der Waals surface area contributed by atoms with Gasteiger partial charge in [0, 0.05) is 0 Å². The fraction of sp³-hybridized carbons (Fsp3) is 0.143. The molecule has 0 aromatic carbocycles. The quantitative estimate of drug-likeness (QED) is 0.740. The molecular formula is C14H9N5OS. The number of aromatic nitrogens is 3. The first kappa shape index (κ1) is 13.1. The Morgan fingerprint density at radius 2 is 2.24 bits per heavy atom. The maximum absolute atomic E-state index is 9.17. The van der Waals surface area contributed by atoms with E-state index in [1.165, 1.54) is 0 Å². The zero-order valence-corrected chi connectivity index (χ0v) is 11.9. The molecule has 0 aliphatic heterocycles. The van der Waals surface area contributed by atoms with Crippen molar-refractivity contribution in [1.29, 1.82) is 10.5 Å². The predicted octanol–water partition coefficient (Wildman–Crippen LogP) is 2.70. The molecule has 0 saturated carbocycles. The van der Waals surface area contributed by atoms with E-state index in [0.29, 0.717) is 17.5 Å². The van der Waals surface area contributed by atoms with E-state index < -0.39 is 0 Å². The smallest absolute Gasteiger partial charge is 0.214 e. The van der Waals surface area contributed by atoms with E-state index in [1.54, 1.807) is 29.0 Å². The third kappa shape index (κ3) is 2.31. The molecule has 0 N–H and O–H groups in total. The second-order valence-electron chi connectivity index (χ2n) is 4.26. The molecule has 3 rings (SSSR count). The fourth-order valence-corrected chi connectivity index (χ4v) is 2.67. The van der Waals surface area contributed by atoms with Gasteiger partial charge in [-0.05, 0) is 18.4 Å². The Kier molecular flexibility index (Phi) is 3.27. The molecule has 0 spiro atoms. The molecule has 3 aromatic heterocycles. The monoisotopic (exact) mass is 295 g/mol. The van der Waals surface area contributed by atoms with Crippen LogP contribution in [0.25, 0.3) is 10.6 Å². The van der Waals surface area contributed by atoms with Crippen molar-refractivity contribution in [1.82, 2.24) is 14.5 Å². The van der Waals surface area contributed by atoms with Crippen LogP contribution < -0.4 is 0 Å². The van der Waals surface area contributed by atoms with Gasteiger partial charge in [0.05, 0.1) is 11.1 Å². The van der Waals surface area contributed by atoms with Gasteiger partial charge in [-0.25, -0.2) is 9.97 Å². The van der Waals surface area contributed by atoms with Crippen molar-refractivity contribution in [2.75, 3.05) is 0 Å². The zero-order valence-electron chi connectivity index (χ0n) is 11.1. The molecule has 0 amide bonds. The molecule has 21 heavy (non-hydrogen) atoms. The number of aryl methyl sites for hydroxylation is 1. The number of thiophene rings is 1. The van der Waals surface area contributed by atoms with E-state index in [0.717, 1.165) is 4.88 Å². The van der Waals surface area contributed by atoms with Gasteiger partial charge in [0.2, 0.25) is 5.89 Å². The molecule has 6 nitrogen and oxygen atoms in total. The Bertz CT molecular complexity index is 860. The third-order valence-corrected chi connectivity index (χ3v) is 3.87. The van der Waals surface area contributed by atoms with E-state index in [2.05, 4.69) is 9.97 Å². The molecule has 7 heteroatoms. The number of nitrogens with zero attached hydrogens (tertiary/aromatic N) is 5. The Morgan fingerprint density at radius 3 is 2.90 bits per heavy atom. The van der Waals surface area contributed by atoms with Crippen molar-refractivity contribution in [2.45, 2.75) is 13.5 Å². The van der Waals surface area contributed by atoms with Crippen molar-refractivity contribution >= 4 is 11.3 Å². The van der Waals surface area contributed by atoms with Gasteiger partial charge in [-0.15, -0.1) is 11.3 Å². The molecule has 0 atom stereocenters. The second-order valence-corrected chi connectivity index (χ2v) is 5.21. The Labute approximate surface area is 124 Å². The molecule has 3 heterocycles. The number of hydrogen-bond acceptors (Lipinski definition) is 6. The van der Waals surface area contributed by atoms with E-state index in [-0.39, 0.29) is 17.9 Å². The summed E-state index contributed by atoms with van der Waals surface area (Å²) < 4.78 is 7.32. The molecule has 0 bridgehead atoms. The third-order valence-electron chi connectivity index (χ3n) is 2.98. The Hall–Kier alpha value is -2.90. The summed E-state index contributed by atoms with van der Waals surface area (Å²) in [6, 6.07) is 7.81. The van der Waals surface area contributed by atoms with Crippen LogP contribution in [0.2, 0.25) is 0 Å². The summed E-state index contributed by atoms with van der Waals surface area (Å²) in [5, 5.41) is 20.1. The summed E-state index contributed by atoms with van der Waals surface area (Å²) in [6.45, 7) is 2.01. The average Bonchev–Trinajstić information content (AvgIpc) is 3.20. The van der Waals surface area contributed by atoms with Gasteiger partial charge >= 0.3 is 0 Å². The van der Waals surface area contributed by atoms with Crippen LogP contribution in [0.15, 0.2) is 28.1 Å². The Balaban J connectivity index is 1.94. The van der Waals surface area contributed by atoms with Crippen molar-refractivity contribution in [3.05, 3.63) is 46.8 Å². The molecule has 0 radical (unpaired) electrons. The van der Waals surface area contributed by atoms with Crippen LogP contribution in [0.4, 0.5) is 0 Å². The van der Waals surface area contributed by atoms with Crippen LogP contribution >= 0.6 is 11.3 Å². The topological polar surface area (TPSA) is 91.4 Å². The number of rotatable bonds is 3. The van der Waals surface area contributed by atoms with Crippen LogP contribution in [0.1, 0.15) is 23.1 Å². The minimum atomic E-state index is 0.125. The van der Waals surface area contributed by atoms with Crippen LogP contribution in [0.5, 0.6) is 0 Å². The molecule has 0 aliphatic rings. The van der Waals surface area contributed by atoms with Crippen LogP contribution in [0.3, 0.4) is 0 Å². The highest BCUT2D eigenvalue weighted by atomic mass is 32.1. The lowest BCUT2D eigenvalue weighted by Crippen LogP contribution is -2.05. The highest BCUT2D eigenvalue weighted by Gasteiger charge is 2.16. The zero-order chi connectivity index (χ0) is 14.8. The summed E-state index contributed by atoms with van der Waals surface area (Å²) in [6.07, 6.45) is 1.66. The number of nitriles is 2. The summed E-state index contributed by atoms with van der Waals surface area (Å²) >= 11 is 1.57. The molecule has 0 unspecified atom stereocenters. The summed E-state index contributed by atoms with van der Waals surface area (Å²) in [5.41, 5.74) is 0.353. The van der Waals surface area contributed by atoms with E-state index in [4.69, 9.17) is 14.9 Å². The van der Waals surface area contributed by atoms with E-state index in [1.807, 2.05) is 29.7 Å². The lowest BCUT2D eigenvalue weighted by Gasteiger charge is -2.02. The van der Waals surface area contributed by atoms with Gasteiger partial charge in [-0.3, -0.25) is 0 Å². The predicted molar refractivity (Wildman–Crippen MR) is 75.3 cm³/mol. The lowest BCUT2D eigenvalue weighted by atomic mass is 10.3. The highest BCUT2D eigenvalue weighted by Crippen LogP contribution is 2.25. The average molecular weight is 295 g/mol. The molecular weight excluding hydrogens is 286 g/mol. The molecule has 0 saturated heterocycles. The van der Waals surface area contributed by atoms with E-state index >= 15 is 0 Å². The number of imidazole rings is 1. The van der Waals surface area contributed by atoms with Gasteiger partial charge in [0.1, 0.15) is 24.5 Å². The molecule has 0 aliphatic carbocycles. The number of hydrogen-bond donors (Lipinski definition) is 0. The van der Waals surface area contributed by atoms with Crippen molar-refractivity contribution in [2.24, 2.45) is 0 Å². The van der Waals surface area contributed by atoms with Gasteiger partial charge in [0.25, 0.3) is 0 Å². The summed E-state index contributed by atoms with van der Waals surface area (Å²) in [4.78, 5) is 9.28. The Morgan fingerprint density at radius 1 is 1.38 bits per heavy atom.